The molecule has 1 heterocycles. The van der Waals surface area contributed by atoms with Gasteiger partial charge in [-0.15, -0.1) is 11.3 Å². The molecule has 0 radical (unpaired) electrons. The van der Waals surface area contributed by atoms with Gasteiger partial charge in [0.15, 0.2) is 15.0 Å². The number of amides is 1. The van der Waals surface area contributed by atoms with E-state index in [1.54, 1.807) is 36.4 Å². The summed E-state index contributed by atoms with van der Waals surface area (Å²) in [5.41, 5.74) is 2.60. The highest BCUT2D eigenvalue weighted by atomic mass is 35.5. The molecule has 1 aromatic heterocycles. The monoisotopic (exact) mass is 406 g/mol. The SMILES string of the molecule is CS(=O)(=O)Cc1cccc(C(=O)Nc2nc(-c3ccc(Cl)cc3)cs2)c1. The van der Waals surface area contributed by atoms with Crippen molar-refractivity contribution in [2.24, 2.45) is 0 Å². The maximum atomic E-state index is 12.4. The van der Waals surface area contributed by atoms with Crippen LogP contribution in [0.2, 0.25) is 5.02 Å². The van der Waals surface area contributed by atoms with Gasteiger partial charge in [0.05, 0.1) is 11.4 Å². The highest BCUT2D eigenvalue weighted by molar-refractivity contribution is 7.89. The van der Waals surface area contributed by atoms with Crippen LogP contribution < -0.4 is 5.32 Å². The molecule has 3 rings (SSSR count). The lowest BCUT2D eigenvalue weighted by Gasteiger charge is -2.04. The number of nitrogens with zero attached hydrogens (tertiary/aromatic N) is 1. The largest absolute Gasteiger partial charge is 0.298 e. The van der Waals surface area contributed by atoms with E-state index in [2.05, 4.69) is 10.3 Å². The van der Waals surface area contributed by atoms with E-state index in [4.69, 9.17) is 11.6 Å². The molecule has 0 spiro atoms. The van der Waals surface area contributed by atoms with Crippen LogP contribution in [0.25, 0.3) is 11.3 Å². The van der Waals surface area contributed by atoms with Gasteiger partial charge in [0.25, 0.3) is 5.91 Å². The third-order valence-corrected chi connectivity index (χ3v) is 5.35. The van der Waals surface area contributed by atoms with Crippen LogP contribution in [-0.2, 0) is 15.6 Å². The molecule has 0 atom stereocenters. The molecule has 0 aliphatic heterocycles. The summed E-state index contributed by atoms with van der Waals surface area (Å²) in [6.45, 7) is 0. The number of halogens is 1. The molecule has 1 amide bonds. The fraction of sp³-hybridized carbons (Fsp3) is 0.111. The summed E-state index contributed by atoms with van der Waals surface area (Å²) in [4.78, 5) is 16.8. The van der Waals surface area contributed by atoms with E-state index in [1.807, 2.05) is 17.5 Å². The zero-order valence-electron chi connectivity index (χ0n) is 13.8. The topological polar surface area (TPSA) is 76.1 Å². The molecular weight excluding hydrogens is 392 g/mol. The Hall–Kier alpha value is -2.22. The predicted octanol–water partition coefficient (Wildman–Crippen LogP) is 4.26. The molecule has 0 saturated heterocycles. The highest BCUT2D eigenvalue weighted by Crippen LogP contribution is 2.26. The van der Waals surface area contributed by atoms with E-state index in [0.29, 0.717) is 21.3 Å². The molecular formula is C18H15ClN2O3S2. The van der Waals surface area contributed by atoms with E-state index in [-0.39, 0.29) is 11.7 Å². The molecule has 1 N–H and O–H groups in total. The van der Waals surface area contributed by atoms with Crippen LogP contribution >= 0.6 is 22.9 Å². The van der Waals surface area contributed by atoms with Gasteiger partial charge in [0, 0.05) is 27.8 Å². The Morgan fingerprint density at radius 2 is 1.92 bits per heavy atom. The van der Waals surface area contributed by atoms with Crippen molar-refractivity contribution < 1.29 is 13.2 Å². The third kappa shape index (κ3) is 4.91. The zero-order chi connectivity index (χ0) is 18.7. The first-order valence-corrected chi connectivity index (χ1v) is 10.9. The quantitative estimate of drug-likeness (QED) is 0.686. The van der Waals surface area contributed by atoms with E-state index in [0.717, 1.165) is 17.5 Å². The Morgan fingerprint density at radius 3 is 2.62 bits per heavy atom. The van der Waals surface area contributed by atoms with Gasteiger partial charge < -0.3 is 0 Å². The number of benzene rings is 2. The normalized spacial score (nSPS) is 11.3. The minimum absolute atomic E-state index is 0.105. The molecule has 0 fully saturated rings. The van der Waals surface area contributed by atoms with Crippen LogP contribution in [0.15, 0.2) is 53.9 Å². The molecule has 0 aliphatic carbocycles. The Bertz CT molecular complexity index is 1040. The van der Waals surface area contributed by atoms with Crippen LogP contribution in [0, 0.1) is 0 Å². The van der Waals surface area contributed by atoms with Gasteiger partial charge in [-0.1, -0.05) is 35.9 Å². The van der Waals surface area contributed by atoms with E-state index in [1.165, 1.54) is 11.3 Å². The van der Waals surface area contributed by atoms with Crippen LogP contribution in [0.4, 0.5) is 5.13 Å². The lowest BCUT2D eigenvalue weighted by molar-refractivity contribution is 0.102. The van der Waals surface area contributed by atoms with Gasteiger partial charge in [-0.3, -0.25) is 10.1 Å². The Morgan fingerprint density at radius 1 is 1.19 bits per heavy atom. The summed E-state index contributed by atoms with van der Waals surface area (Å²) in [7, 11) is -3.16. The van der Waals surface area contributed by atoms with Gasteiger partial charge in [-0.25, -0.2) is 13.4 Å². The van der Waals surface area contributed by atoms with Gasteiger partial charge in [-0.2, -0.15) is 0 Å². The summed E-state index contributed by atoms with van der Waals surface area (Å²) < 4.78 is 22.8. The first-order chi connectivity index (χ1) is 12.3. The lowest BCUT2D eigenvalue weighted by Crippen LogP contribution is -2.12. The number of sulfone groups is 1. The number of carbonyl (C=O) groups is 1. The molecule has 0 aliphatic rings. The number of hydrogen-bond donors (Lipinski definition) is 1. The second-order valence-corrected chi connectivity index (χ2v) is 9.20. The highest BCUT2D eigenvalue weighted by Gasteiger charge is 2.12. The second kappa shape index (κ2) is 7.57. The first-order valence-electron chi connectivity index (χ1n) is 7.60. The number of carbonyl (C=O) groups excluding carboxylic acids is 1. The Balaban J connectivity index is 1.74. The summed E-state index contributed by atoms with van der Waals surface area (Å²) in [6.07, 6.45) is 1.16. The fourth-order valence-electron chi connectivity index (χ4n) is 2.36. The molecule has 8 heteroatoms. The van der Waals surface area contributed by atoms with E-state index in [9.17, 15) is 13.2 Å². The van der Waals surface area contributed by atoms with Crippen molar-refractivity contribution >= 4 is 43.8 Å². The number of hydrogen-bond acceptors (Lipinski definition) is 5. The maximum absolute atomic E-state index is 12.4. The number of thiazole rings is 1. The summed E-state index contributed by atoms with van der Waals surface area (Å²) >= 11 is 7.20. The van der Waals surface area contributed by atoms with Crippen molar-refractivity contribution in [3.8, 4) is 11.3 Å². The summed E-state index contributed by atoms with van der Waals surface area (Å²) in [5.74, 6) is -0.441. The molecule has 0 bridgehead atoms. The predicted molar refractivity (Wildman–Crippen MR) is 106 cm³/mol. The van der Waals surface area contributed by atoms with E-state index < -0.39 is 9.84 Å². The lowest BCUT2D eigenvalue weighted by atomic mass is 10.1. The van der Waals surface area contributed by atoms with Gasteiger partial charge in [0.1, 0.15) is 0 Å². The van der Waals surface area contributed by atoms with Crippen molar-refractivity contribution in [2.45, 2.75) is 5.75 Å². The molecule has 3 aromatic rings. The zero-order valence-corrected chi connectivity index (χ0v) is 16.2. The summed E-state index contributed by atoms with van der Waals surface area (Å²) in [6, 6.07) is 13.8. The fourth-order valence-corrected chi connectivity index (χ4v) is 3.98. The van der Waals surface area contributed by atoms with Crippen molar-refractivity contribution in [3.05, 3.63) is 70.1 Å². The Kier molecular flexibility index (Phi) is 5.41. The first kappa shape index (κ1) is 18.6. The van der Waals surface area contributed by atoms with Gasteiger partial charge >= 0.3 is 0 Å². The molecule has 26 heavy (non-hydrogen) atoms. The second-order valence-electron chi connectivity index (χ2n) is 5.77. The van der Waals surface area contributed by atoms with Crippen molar-refractivity contribution in [1.82, 2.24) is 4.98 Å². The van der Waals surface area contributed by atoms with Crippen LogP contribution in [-0.4, -0.2) is 25.6 Å². The van der Waals surface area contributed by atoms with Crippen LogP contribution in [0.3, 0.4) is 0 Å². The molecule has 5 nitrogen and oxygen atoms in total. The van der Waals surface area contributed by atoms with E-state index >= 15 is 0 Å². The average molecular weight is 407 g/mol. The number of anilines is 1. The van der Waals surface area contributed by atoms with Crippen molar-refractivity contribution in [3.63, 3.8) is 0 Å². The van der Waals surface area contributed by atoms with Gasteiger partial charge in [0.2, 0.25) is 0 Å². The minimum Gasteiger partial charge on any atom is -0.298 e. The Labute approximate surface area is 160 Å². The molecule has 134 valence electrons. The summed E-state index contributed by atoms with van der Waals surface area (Å²) in [5, 5.41) is 5.70. The van der Waals surface area contributed by atoms with Crippen molar-refractivity contribution in [2.75, 3.05) is 11.6 Å². The minimum atomic E-state index is -3.16. The van der Waals surface area contributed by atoms with Crippen LogP contribution in [0.1, 0.15) is 15.9 Å². The number of rotatable bonds is 5. The smallest absolute Gasteiger partial charge is 0.257 e. The van der Waals surface area contributed by atoms with Gasteiger partial charge in [-0.05, 0) is 29.8 Å². The molecule has 0 saturated carbocycles. The van der Waals surface area contributed by atoms with Crippen LogP contribution in [0.5, 0.6) is 0 Å². The molecule has 2 aromatic carbocycles. The standard InChI is InChI=1S/C18H15ClN2O3S2/c1-26(23,24)11-12-3-2-4-14(9-12)17(22)21-18-20-16(10-25-18)13-5-7-15(19)8-6-13/h2-10H,11H2,1H3,(H,20,21,22). The maximum Gasteiger partial charge on any atom is 0.257 e. The molecule has 0 unspecified atom stereocenters. The third-order valence-electron chi connectivity index (χ3n) is 3.48. The van der Waals surface area contributed by atoms with Crippen molar-refractivity contribution in [1.29, 1.82) is 0 Å². The number of nitrogens with one attached hydrogen (secondary N) is 1. The average Bonchev–Trinajstić information content (AvgIpc) is 3.02. The number of aromatic nitrogens is 1.